The van der Waals surface area contributed by atoms with Crippen molar-refractivity contribution in [1.29, 1.82) is 0 Å². The van der Waals surface area contributed by atoms with Crippen LogP contribution in [0.3, 0.4) is 0 Å². The molecule has 3 unspecified atom stereocenters. The van der Waals surface area contributed by atoms with E-state index < -0.39 is 57.6 Å². The molecule has 12 heteroatoms. The molecule has 3 atom stereocenters. The second kappa shape index (κ2) is 37.4. The first-order chi connectivity index (χ1) is 26.1. The van der Waals surface area contributed by atoms with Gasteiger partial charge in [0.25, 0.3) is 0 Å². The summed E-state index contributed by atoms with van der Waals surface area (Å²) in [6.45, 7) is 2.49. The quantitative estimate of drug-likeness (QED) is 0.0205. The Morgan fingerprint density at radius 2 is 1.04 bits per heavy atom. The number of unbranched alkanes of at least 4 members (excludes halogenated alkanes) is 16. The Balaban J connectivity index is 3.97. The van der Waals surface area contributed by atoms with Crippen LogP contribution in [-0.4, -0.2) is 64.9 Å². The SMILES string of the molecule is CCCC/C=C\CCCCCCCC(=O)OCC(O)COP(=O)(O)OCC(NC(=O)CCCCCCCC/C=C\C/C=C\C/C=C\CCCCC)C(=O)O. The minimum atomic E-state index is -4.76. The van der Waals surface area contributed by atoms with E-state index in [1.807, 2.05) is 0 Å². The molecule has 0 rings (SSSR count). The number of nitrogens with one attached hydrogen (secondary N) is 1. The first kappa shape index (κ1) is 51.4. The summed E-state index contributed by atoms with van der Waals surface area (Å²) in [5, 5.41) is 21.8. The van der Waals surface area contributed by atoms with Crippen molar-refractivity contribution in [2.45, 2.75) is 180 Å². The van der Waals surface area contributed by atoms with Crippen LogP contribution >= 0.6 is 7.82 Å². The third kappa shape index (κ3) is 36.4. The number of hydrogen-bond donors (Lipinski definition) is 4. The number of carbonyl (C=O) groups excluding carboxylic acids is 2. The van der Waals surface area contributed by atoms with Gasteiger partial charge in [-0.25, -0.2) is 9.36 Å². The Labute approximate surface area is 326 Å². The van der Waals surface area contributed by atoms with Gasteiger partial charge in [-0.05, 0) is 70.6 Å². The number of aliphatic hydroxyl groups excluding tert-OH is 1. The van der Waals surface area contributed by atoms with Gasteiger partial charge in [0, 0.05) is 12.8 Å². The highest BCUT2D eigenvalue weighted by molar-refractivity contribution is 7.47. The molecule has 0 aliphatic carbocycles. The summed E-state index contributed by atoms with van der Waals surface area (Å²) in [5.74, 6) is -2.41. The second-order valence-corrected chi connectivity index (χ2v) is 15.3. The van der Waals surface area contributed by atoms with Gasteiger partial charge in [0.15, 0.2) is 6.04 Å². The Morgan fingerprint density at radius 1 is 0.593 bits per heavy atom. The van der Waals surface area contributed by atoms with E-state index in [2.05, 4.69) is 67.8 Å². The van der Waals surface area contributed by atoms with Crippen LogP contribution in [0.5, 0.6) is 0 Å². The minimum absolute atomic E-state index is 0.129. The van der Waals surface area contributed by atoms with Gasteiger partial charge in [-0.3, -0.25) is 18.6 Å². The maximum atomic E-state index is 12.3. The number of ether oxygens (including phenoxy) is 1. The lowest BCUT2D eigenvalue weighted by atomic mass is 10.1. The van der Waals surface area contributed by atoms with Gasteiger partial charge in [-0.1, -0.05) is 133 Å². The Bertz CT molecular complexity index is 1110. The van der Waals surface area contributed by atoms with Crippen molar-refractivity contribution in [3.05, 3.63) is 48.6 Å². The van der Waals surface area contributed by atoms with Crippen LogP contribution in [0.2, 0.25) is 0 Å². The fourth-order valence-corrected chi connectivity index (χ4v) is 6.07. The van der Waals surface area contributed by atoms with Gasteiger partial charge in [0.2, 0.25) is 5.91 Å². The zero-order valence-electron chi connectivity index (χ0n) is 33.5. The molecule has 0 spiro atoms. The van der Waals surface area contributed by atoms with E-state index in [0.717, 1.165) is 89.9 Å². The number of carboxylic acids is 1. The van der Waals surface area contributed by atoms with Crippen LogP contribution in [0.15, 0.2) is 48.6 Å². The van der Waals surface area contributed by atoms with Crippen molar-refractivity contribution >= 4 is 25.7 Å². The molecule has 0 aromatic rings. The minimum Gasteiger partial charge on any atom is -0.480 e. The molecule has 4 N–H and O–H groups in total. The Morgan fingerprint density at radius 3 is 1.59 bits per heavy atom. The maximum Gasteiger partial charge on any atom is 0.472 e. The molecule has 0 fully saturated rings. The van der Waals surface area contributed by atoms with Gasteiger partial charge in [-0.2, -0.15) is 0 Å². The average Bonchev–Trinajstić information content (AvgIpc) is 3.14. The number of aliphatic hydroxyl groups is 1. The highest BCUT2D eigenvalue weighted by atomic mass is 31.2. The molecule has 0 saturated carbocycles. The molecule has 312 valence electrons. The van der Waals surface area contributed by atoms with E-state index in [1.165, 1.54) is 38.5 Å². The third-order valence-corrected chi connectivity index (χ3v) is 9.54. The number of hydrogen-bond acceptors (Lipinski definition) is 8. The lowest BCUT2D eigenvalue weighted by Gasteiger charge is -2.18. The van der Waals surface area contributed by atoms with Crippen LogP contribution in [0.25, 0.3) is 0 Å². The van der Waals surface area contributed by atoms with Gasteiger partial charge >= 0.3 is 19.8 Å². The fourth-order valence-electron chi connectivity index (χ4n) is 5.30. The average molecular weight is 784 g/mol. The second-order valence-electron chi connectivity index (χ2n) is 13.8. The molecule has 0 aliphatic rings. The molecule has 0 heterocycles. The highest BCUT2D eigenvalue weighted by Crippen LogP contribution is 2.43. The zero-order valence-corrected chi connectivity index (χ0v) is 34.4. The van der Waals surface area contributed by atoms with E-state index in [-0.39, 0.29) is 12.8 Å². The number of aliphatic carboxylic acids is 1. The van der Waals surface area contributed by atoms with Crippen molar-refractivity contribution < 1.29 is 47.8 Å². The summed E-state index contributed by atoms with van der Waals surface area (Å²) in [6.07, 6.45) is 39.9. The number of phosphoric acid groups is 1. The maximum absolute atomic E-state index is 12.3. The molecule has 0 radical (unpaired) electrons. The van der Waals surface area contributed by atoms with Gasteiger partial charge in [-0.15, -0.1) is 0 Å². The number of carbonyl (C=O) groups is 3. The summed E-state index contributed by atoms with van der Waals surface area (Å²) < 4.78 is 26.7. The van der Waals surface area contributed by atoms with E-state index in [4.69, 9.17) is 13.8 Å². The van der Waals surface area contributed by atoms with Gasteiger partial charge in [0.05, 0.1) is 13.2 Å². The van der Waals surface area contributed by atoms with E-state index in [9.17, 15) is 34.1 Å². The van der Waals surface area contributed by atoms with Crippen molar-refractivity contribution in [3.8, 4) is 0 Å². The molecule has 54 heavy (non-hydrogen) atoms. The molecule has 0 aliphatic heterocycles. The highest BCUT2D eigenvalue weighted by Gasteiger charge is 2.28. The summed E-state index contributed by atoms with van der Waals surface area (Å²) in [4.78, 5) is 45.8. The van der Waals surface area contributed by atoms with Crippen molar-refractivity contribution in [2.75, 3.05) is 19.8 Å². The van der Waals surface area contributed by atoms with Crippen LogP contribution in [0, 0.1) is 0 Å². The molecule has 0 saturated heterocycles. The molecule has 0 bridgehead atoms. The summed E-state index contributed by atoms with van der Waals surface area (Å²) in [6, 6.07) is -1.56. The summed E-state index contributed by atoms with van der Waals surface area (Å²) in [7, 11) is -4.76. The first-order valence-electron chi connectivity index (χ1n) is 20.7. The topological polar surface area (TPSA) is 169 Å². The number of esters is 1. The van der Waals surface area contributed by atoms with Crippen molar-refractivity contribution in [3.63, 3.8) is 0 Å². The van der Waals surface area contributed by atoms with E-state index >= 15 is 0 Å². The standard InChI is InChI=1S/C42H74NO10P/c1-3-5-7-9-11-13-15-16-17-18-19-20-21-22-24-25-27-29-31-33-40(45)43-39(42(47)48)37-53-54(49,50)52-36-38(44)35-51-41(46)34-32-30-28-26-23-14-12-10-8-6-4-2/h10-13,16-17,19-20,38-39,44H,3-9,14-15,18,21-37H2,1-2H3,(H,43,45)(H,47,48)(H,49,50)/b12-10-,13-11-,17-16-,20-19-. The van der Waals surface area contributed by atoms with Crippen LogP contribution < -0.4 is 5.32 Å². The van der Waals surface area contributed by atoms with E-state index in [0.29, 0.717) is 12.8 Å². The summed E-state index contributed by atoms with van der Waals surface area (Å²) >= 11 is 0. The predicted octanol–water partition coefficient (Wildman–Crippen LogP) is 10.2. The Hall–Kier alpha value is -2.56. The van der Waals surface area contributed by atoms with Gasteiger partial charge in [0.1, 0.15) is 12.7 Å². The number of phosphoric ester groups is 1. The molecule has 0 aromatic carbocycles. The van der Waals surface area contributed by atoms with Crippen LogP contribution in [0.1, 0.15) is 168 Å². The predicted molar refractivity (Wildman–Crippen MR) is 217 cm³/mol. The fraction of sp³-hybridized carbons (Fsp3) is 0.738. The molecular formula is C42H74NO10P. The molecule has 1 amide bonds. The smallest absolute Gasteiger partial charge is 0.472 e. The summed E-state index contributed by atoms with van der Waals surface area (Å²) in [5.41, 5.74) is 0. The van der Waals surface area contributed by atoms with Gasteiger partial charge < -0.3 is 25.2 Å². The van der Waals surface area contributed by atoms with Crippen LogP contribution in [-0.2, 0) is 32.7 Å². The zero-order chi connectivity index (χ0) is 40.0. The third-order valence-electron chi connectivity index (χ3n) is 8.59. The Kier molecular flexibility index (Phi) is 35.6. The normalized spacial score (nSPS) is 14.3. The monoisotopic (exact) mass is 784 g/mol. The molecular weight excluding hydrogens is 709 g/mol. The number of allylic oxidation sites excluding steroid dienone is 8. The number of carboxylic acid groups (broad SMARTS) is 1. The molecule has 11 nitrogen and oxygen atoms in total. The lowest BCUT2D eigenvalue weighted by Crippen LogP contribution is -2.43. The first-order valence-corrected chi connectivity index (χ1v) is 22.2. The number of rotatable bonds is 38. The molecule has 0 aromatic heterocycles. The van der Waals surface area contributed by atoms with E-state index in [1.54, 1.807) is 0 Å². The van der Waals surface area contributed by atoms with Crippen LogP contribution in [0.4, 0.5) is 0 Å². The largest absolute Gasteiger partial charge is 0.480 e. The lowest BCUT2D eigenvalue weighted by molar-refractivity contribution is -0.147. The van der Waals surface area contributed by atoms with Crippen molar-refractivity contribution in [2.24, 2.45) is 0 Å². The van der Waals surface area contributed by atoms with Crippen molar-refractivity contribution in [1.82, 2.24) is 5.32 Å². The number of amides is 1.